The smallest absolute Gasteiger partial charge is 0.0950 e. The zero-order chi connectivity index (χ0) is 13.9. The zero-order valence-electron chi connectivity index (χ0n) is 12.0. The van der Waals surface area contributed by atoms with Gasteiger partial charge < -0.3 is 10.6 Å². The number of anilines is 1. The second-order valence-electron chi connectivity index (χ2n) is 5.53. The molecule has 3 rings (SSSR count). The first-order valence-corrected chi connectivity index (χ1v) is 7.52. The van der Waals surface area contributed by atoms with Gasteiger partial charge in [0, 0.05) is 18.0 Å². The van der Waals surface area contributed by atoms with Crippen molar-refractivity contribution in [3.05, 3.63) is 30.5 Å². The standard InChI is InChI=1S/C16H22N4/c1-2-20(15-9-5-6-12(15)10-17)16-11-18-19-14-8-4-3-7-13(14)16/h3-4,7-8,11-12,15H,2,5-6,9-10,17H2,1H3. The topological polar surface area (TPSA) is 55.0 Å². The second kappa shape index (κ2) is 5.75. The van der Waals surface area contributed by atoms with Crippen molar-refractivity contribution in [2.24, 2.45) is 11.7 Å². The lowest BCUT2D eigenvalue weighted by atomic mass is 10.0. The van der Waals surface area contributed by atoms with Crippen molar-refractivity contribution in [3.63, 3.8) is 0 Å². The maximum absolute atomic E-state index is 5.95. The van der Waals surface area contributed by atoms with E-state index in [-0.39, 0.29) is 0 Å². The Morgan fingerprint density at radius 3 is 2.95 bits per heavy atom. The monoisotopic (exact) mass is 270 g/mol. The summed E-state index contributed by atoms with van der Waals surface area (Å²) in [4.78, 5) is 2.47. The summed E-state index contributed by atoms with van der Waals surface area (Å²) in [5.74, 6) is 0.599. The number of benzene rings is 1. The first-order valence-electron chi connectivity index (χ1n) is 7.52. The van der Waals surface area contributed by atoms with Gasteiger partial charge in [-0.3, -0.25) is 0 Å². The minimum Gasteiger partial charge on any atom is -0.367 e. The van der Waals surface area contributed by atoms with Gasteiger partial charge in [0.15, 0.2) is 0 Å². The highest BCUT2D eigenvalue weighted by Crippen LogP contribution is 2.34. The number of nitrogens with zero attached hydrogens (tertiary/aromatic N) is 3. The highest BCUT2D eigenvalue weighted by Gasteiger charge is 2.31. The van der Waals surface area contributed by atoms with E-state index in [2.05, 4.69) is 34.2 Å². The van der Waals surface area contributed by atoms with Crippen molar-refractivity contribution in [2.45, 2.75) is 32.2 Å². The van der Waals surface area contributed by atoms with Gasteiger partial charge in [-0.05, 0) is 38.3 Å². The van der Waals surface area contributed by atoms with Crippen LogP contribution in [0.15, 0.2) is 30.5 Å². The molecule has 0 bridgehead atoms. The molecule has 0 amide bonds. The Morgan fingerprint density at radius 2 is 2.15 bits per heavy atom. The fourth-order valence-corrected chi connectivity index (χ4v) is 3.51. The predicted octanol–water partition coefficient (Wildman–Crippen LogP) is 2.58. The molecule has 4 nitrogen and oxygen atoms in total. The van der Waals surface area contributed by atoms with Gasteiger partial charge in [-0.2, -0.15) is 10.2 Å². The number of hydrogen-bond acceptors (Lipinski definition) is 4. The van der Waals surface area contributed by atoms with Crippen molar-refractivity contribution < 1.29 is 0 Å². The number of aromatic nitrogens is 2. The number of rotatable bonds is 4. The van der Waals surface area contributed by atoms with E-state index in [1.165, 1.54) is 30.3 Å². The summed E-state index contributed by atoms with van der Waals surface area (Å²) < 4.78 is 0. The molecule has 4 heteroatoms. The fraction of sp³-hybridized carbons (Fsp3) is 0.500. The predicted molar refractivity (Wildman–Crippen MR) is 82.7 cm³/mol. The Balaban J connectivity index is 2.03. The highest BCUT2D eigenvalue weighted by molar-refractivity contribution is 5.90. The van der Waals surface area contributed by atoms with Crippen LogP contribution >= 0.6 is 0 Å². The van der Waals surface area contributed by atoms with E-state index in [1.54, 1.807) is 0 Å². The van der Waals surface area contributed by atoms with E-state index in [0.29, 0.717) is 12.0 Å². The van der Waals surface area contributed by atoms with Crippen LogP contribution in [0.4, 0.5) is 5.69 Å². The molecule has 1 heterocycles. The molecule has 2 unspecified atom stereocenters. The van der Waals surface area contributed by atoms with E-state index < -0.39 is 0 Å². The summed E-state index contributed by atoms with van der Waals surface area (Å²) in [6, 6.07) is 8.77. The third-order valence-electron chi connectivity index (χ3n) is 4.50. The molecule has 1 saturated carbocycles. The molecule has 1 aliphatic carbocycles. The van der Waals surface area contributed by atoms with Crippen molar-refractivity contribution in [3.8, 4) is 0 Å². The van der Waals surface area contributed by atoms with Gasteiger partial charge in [-0.1, -0.05) is 24.6 Å². The Hall–Kier alpha value is -1.68. The Morgan fingerprint density at radius 1 is 1.30 bits per heavy atom. The minimum absolute atomic E-state index is 0.539. The van der Waals surface area contributed by atoms with Crippen LogP contribution in [0.5, 0.6) is 0 Å². The number of nitrogens with two attached hydrogens (primary N) is 1. The lowest BCUT2D eigenvalue weighted by Crippen LogP contribution is -2.40. The molecule has 0 aliphatic heterocycles. The van der Waals surface area contributed by atoms with Gasteiger partial charge in [0.2, 0.25) is 0 Å². The Bertz CT molecular complexity index is 578. The summed E-state index contributed by atoms with van der Waals surface area (Å²) in [5.41, 5.74) is 8.11. The number of fused-ring (bicyclic) bond motifs is 1. The van der Waals surface area contributed by atoms with Crippen LogP contribution in [0.1, 0.15) is 26.2 Å². The zero-order valence-corrected chi connectivity index (χ0v) is 12.0. The SMILES string of the molecule is CCN(c1cnnc2ccccc12)C1CCCC1CN. The number of hydrogen-bond donors (Lipinski definition) is 1. The largest absolute Gasteiger partial charge is 0.367 e. The van der Waals surface area contributed by atoms with Crippen LogP contribution in [-0.2, 0) is 0 Å². The lowest BCUT2D eigenvalue weighted by molar-refractivity contribution is 0.462. The van der Waals surface area contributed by atoms with Gasteiger partial charge in [-0.25, -0.2) is 0 Å². The van der Waals surface area contributed by atoms with Gasteiger partial charge in [0.05, 0.1) is 17.4 Å². The maximum atomic E-state index is 5.95. The summed E-state index contributed by atoms with van der Waals surface area (Å²) in [6.07, 6.45) is 5.65. The molecule has 2 N–H and O–H groups in total. The van der Waals surface area contributed by atoms with Crippen LogP contribution in [0.2, 0.25) is 0 Å². The van der Waals surface area contributed by atoms with Gasteiger partial charge >= 0.3 is 0 Å². The van der Waals surface area contributed by atoms with Crippen LogP contribution in [-0.4, -0.2) is 29.3 Å². The highest BCUT2D eigenvalue weighted by atomic mass is 15.2. The summed E-state index contributed by atoms with van der Waals surface area (Å²) in [7, 11) is 0. The molecular weight excluding hydrogens is 248 g/mol. The third-order valence-corrected chi connectivity index (χ3v) is 4.50. The molecule has 0 saturated heterocycles. The molecular formula is C16H22N4. The molecule has 1 aromatic heterocycles. The third kappa shape index (κ3) is 2.24. The summed E-state index contributed by atoms with van der Waals surface area (Å²) >= 11 is 0. The molecule has 106 valence electrons. The van der Waals surface area contributed by atoms with Crippen molar-refractivity contribution in [1.82, 2.24) is 10.2 Å². The lowest BCUT2D eigenvalue weighted by Gasteiger charge is -2.34. The molecule has 2 atom stereocenters. The second-order valence-corrected chi connectivity index (χ2v) is 5.53. The van der Waals surface area contributed by atoms with Crippen LogP contribution < -0.4 is 10.6 Å². The average Bonchev–Trinajstić information content (AvgIpc) is 2.97. The van der Waals surface area contributed by atoms with Crippen molar-refractivity contribution >= 4 is 16.6 Å². The van der Waals surface area contributed by atoms with E-state index in [0.717, 1.165) is 18.6 Å². The average molecular weight is 270 g/mol. The molecule has 1 aromatic carbocycles. The quantitative estimate of drug-likeness (QED) is 0.927. The molecule has 0 spiro atoms. The first kappa shape index (κ1) is 13.3. The van der Waals surface area contributed by atoms with Gasteiger partial charge in [0.25, 0.3) is 0 Å². The fourth-order valence-electron chi connectivity index (χ4n) is 3.51. The van der Waals surface area contributed by atoms with Crippen LogP contribution in [0.25, 0.3) is 10.9 Å². The van der Waals surface area contributed by atoms with E-state index in [4.69, 9.17) is 5.73 Å². The van der Waals surface area contributed by atoms with E-state index in [1.807, 2.05) is 18.3 Å². The van der Waals surface area contributed by atoms with Crippen molar-refractivity contribution in [1.29, 1.82) is 0 Å². The van der Waals surface area contributed by atoms with Gasteiger partial charge in [0.1, 0.15) is 0 Å². The van der Waals surface area contributed by atoms with Crippen molar-refractivity contribution in [2.75, 3.05) is 18.0 Å². The normalized spacial score (nSPS) is 22.3. The molecule has 0 radical (unpaired) electrons. The summed E-state index contributed by atoms with van der Waals surface area (Å²) in [5, 5.41) is 9.59. The molecule has 20 heavy (non-hydrogen) atoms. The first-order chi connectivity index (χ1) is 9.85. The van der Waals surface area contributed by atoms with E-state index in [9.17, 15) is 0 Å². The Kier molecular flexibility index (Phi) is 3.83. The molecule has 1 fully saturated rings. The molecule has 1 aliphatic rings. The van der Waals surface area contributed by atoms with E-state index >= 15 is 0 Å². The molecule has 2 aromatic rings. The maximum Gasteiger partial charge on any atom is 0.0950 e. The van der Waals surface area contributed by atoms with Crippen LogP contribution in [0, 0.1) is 5.92 Å². The van der Waals surface area contributed by atoms with Crippen LogP contribution in [0.3, 0.4) is 0 Å². The minimum atomic E-state index is 0.539. The Labute approximate surface area is 120 Å². The van der Waals surface area contributed by atoms with Gasteiger partial charge in [-0.15, -0.1) is 0 Å². The summed E-state index contributed by atoms with van der Waals surface area (Å²) in [6.45, 7) is 3.97.